The van der Waals surface area contributed by atoms with E-state index in [9.17, 15) is 0 Å². The van der Waals surface area contributed by atoms with E-state index >= 15 is 0 Å². The van der Waals surface area contributed by atoms with E-state index in [0.29, 0.717) is 12.1 Å². The van der Waals surface area contributed by atoms with Gasteiger partial charge in [-0.25, -0.2) is 4.98 Å². The van der Waals surface area contributed by atoms with Crippen molar-refractivity contribution in [3.8, 4) is 0 Å². The maximum absolute atomic E-state index is 5.44. The van der Waals surface area contributed by atoms with Gasteiger partial charge < -0.3 is 15.4 Å². The van der Waals surface area contributed by atoms with Crippen molar-refractivity contribution in [1.29, 1.82) is 0 Å². The minimum absolute atomic E-state index is 0.402. The number of ether oxygens (including phenoxy) is 1. The zero-order valence-electron chi connectivity index (χ0n) is 10.3. The van der Waals surface area contributed by atoms with Gasteiger partial charge in [0.15, 0.2) is 0 Å². The highest BCUT2D eigenvalue weighted by Gasteiger charge is 2.14. The number of nitrogens with one attached hydrogen (secondary N) is 2. The summed E-state index contributed by atoms with van der Waals surface area (Å²) in [6.07, 6.45) is 4.07. The molecule has 1 fully saturated rings. The largest absolute Gasteiger partial charge is 0.379 e. The Morgan fingerprint density at radius 3 is 3.29 bits per heavy atom. The standard InChI is InChI=1S/C12H21N3OS/c1-2-11(12-15-6-8-17-12)14-4-3-10-9-16-7-5-13-10/h6,8,10-11,13-14H,2-5,7,9H2,1H3. The maximum Gasteiger partial charge on any atom is 0.109 e. The Morgan fingerprint density at radius 2 is 2.65 bits per heavy atom. The molecule has 0 bridgehead atoms. The lowest BCUT2D eigenvalue weighted by molar-refractivity contribution is 0.0740. The summed E-state index contributed by atoms with van der Waals surface area (Å²) in [5, 5.41) is 10.3. The summed E-state index contributed by atoms with van der Waals surface area (Å²) in [7, 11) is 0. The van der Waals surface area contributed by atoms with E-state index in [4.69, 9.17) is 4.74 Å². The van der Waals surface area contributed by atoms with Gasteiger partial charge in [0.25, 0.3) is 0 Å². The first-order valence-electron chi connectivity index (χ1n) is 6.34. The van der Waals surface area contributed by atoms with Crippen molar-refractivity contribution in [2.24, 2.45) is 0 Å². The number of hydrogen-bond acceptors (Lipinski definition) is 5. The molecule has 2 rings (SSSR count). The fraction of sp³-hybridized carbons (Fsp3) is 0.750. The Labute approximate surface area is 107 Å². The molecule has 1 aromatic rings. The molecular formula is C12H21N3OS. The smallest absolute Gasteiger partial charge is 0.109 e. The third kappa shape index (κ3) is 4.03. The average Bonchev–Trinajstić information content (AvgIpc) is 2.90. The Morgan fingerprint density at radius 1 is 1.71 bits per heavy atom. The van der Waals surface area contributed by atoms with Crippen molar-refractivity contribution in [3.05, 3.63) is 16.6 Å². The fourth-order valence-corrected chi connectivity index (χ4v) is 2.85. The summed E-state index contributed by atoms with van der Waals surface area (Å²) in [6, 6.07) is 0.907. The van der Waals surface area contributed by atoms with E-state index in [1.807, 2.05) is 11.6 Å². The van der Waals surface area contributed by atoms with Crippen LogP contribution in [0.4, 0.5) is 0 Å². The van der Waals surface area contributed by atoms with Crippen LogP contribution in [0.5, 0.6) is 0 Å². The monoisotopic (exact) mass is 255 g/mol. The summed E-state index contributed by atoms with van der Waals surface area (Å²) in [4.78, 5) is 4.37. The van der Waals surface area contributed by atoms with Gasteiger partial charge in [0.05, 0.1) is 19.3 Å². The molecule has 1 aromatic heterocycles. The van der Waals surface area contributed by atoms with E-state index in [1.165, 1.54) is 5.01 Å². The molecule has 0 spiro atoms. The Hall–Kier alpha value is -0.490. The second-order valence-electron chi connectivity index (χ2n) is 4.30. The Kier molecular flexibility index (Phi) is 5.38. The van der Waals surface area contributed by atoms with Crippen molar-refractivity contribution in [2.45, 2.75) is 31.8 Å². The number of nitrogens with zero attached hydrogens (tertiary/aromatic N) is 1. The molecule has 0 amide bonds. The van der Waals surface area contributed by atoms with E-state index in [1.54, 1.807) is 11.3 Å². The van der Waals surface area contributed by atoms with E-state index in [2.05, 4.69) is 22.5 Å². The average molecular weight is 255 g/mol. The first kappa shape index (κ1) is 13.0. The molecule has 0 saturated carbocycles. The van der Waals surface area contributed by atoms with E-state index < -0.39 is 0 Å². The molecule has 0 aliphatic carbocycles. The van der Waals surface area contributed by atoms with Gasteiger partial charge in [0.2, 0.25) is 0 Å². The van der Waals surface area contributed by atoms with Gasteiger partial charge in [0, 0.05) is 24.2 Å². The highest BCUT2D eigenvalue weighted by atomic mass is 32.1. The topological polar surface area (TPSA) is 46.2 Å². The van der Waals surface area contributed by atoms with Gasteiger partial charge in [-0.1, -0.05) is 6.92 Å². The number of morpholine rings is 1. The summed E-state index contributed by atoms with van der Waals surface area (Å²) in [5.74, 6) is 0. The third-order valence-electron chi connectivity index (χ3n) is 3.04. The molecular weight excluding hydrogens is 234 g/mol. The normalized spacial score (nSPS) is 22.5. The van der Waals surface area contributed by atoms with Crippen LogP contribution in [-0.4, -0.2) is 37.3 Å². The molecule has 2 unspecified atom stereocenters. The van der Waals surface area contributed by atoms with Crippen LogP contribution in [0.3, 0.4) is 0 Å². The second-order valence-corrected chi connectivity index (χ2v) is 5.23. The van der Waals surface area contributed by atoms with Crippen LogP contribution in [-0.2, 0) is 4.74 Å². The summed E-state index contributed by atoms with van der Waals surface area (Å²) < 4.78 is 5.44. The lowest BCUT2D eigenvalue weighted by Crippen LogP contribution is -2.43. The predicted octanol–water partition coefficient (Wildman–Crippen LogP) is 1.56. The molecule has 1 saturated heterocycles. The molecule has 0 radical (unpaired) electrons. The van der Waals surface area contributed by atoms with Crippen molar-refractivity contribution >= 4 is 11.3 Å². The predicted molar refractivity (Wildman–Crippen MR) is 70.4 cm³/mol. The van der Waals surface area contributed by atoms with Crippen molar-refractivity contribution in [3.63, 3.8) is 0 Å². The Bertz CT molecular complexity index is 299. The van der Waals surface area contributed by atoms with Crippen LogP contribution in [0.25, 0.3) is 0 Å². The summed E-state index contributed by atoms with van der Waals surface area (Å²) >= 11 is 1.73. The van der Waals surface area contributed by atoms with Gasteiger partial charge in [-0.2, -0.15) is 0 Å². The van der Waals surface area contributed by atoms with Crippen molar-refractivity contribution < 1.29 is 4.74 Å². The molecule has 1 aliphatic rings. The van der Waals surface area contributed by atoms with E-state index in [0.717, 1.165) is 39.1 Å². The molecule has 2 N–H and O–H groups in total. The summed E-state index contributed by atoms with van der Waals surface area (Å²) in [5.41, 5.74) is 0. The molecule has 2 heterocycles. The van der Waals surface area contributed by atoms with E-state index in [-0.39, 0.29) is 0 Å². The lowest BCUT2D eigenvalue weighted by Gasteiger charge is -2.24. The van der Waals surface area contributed by atoms with Gasteiger partial charge >= 0.3 is 0 Å². The quantitative estimate of drug-likeness (QED) is 0.810. The number of rotatable bonds is 6. The zero-order chi connectivity index (χ0) is 11.9. The van der Waals surface area contributed by atoms with Crippen molar-refractivity contribution in [1.82, 2.24) is 15.6 Å². The third-order valence-corrected chi connectivity index (χ3v) is 3.93. The lowest BCUT2D eigenvalue weighted by atomic mass is 10.1. The Balaban J connectivity index is 1.69. The highest BCUT2D eigenvalue weighted by Crippen LogP contribution is 2.18. The highest BCUT2D eigenvalue weighted by molar-refractivity contribution is 7.09. The van der Waals surface area contributed by atoms with Crippen molar-refractivity contribution in [2.75, 3.05) is 26.3 Å². The molecule has 1 aliphatic heterocycles. The number of aromatic nitrogens is 1. The maximum atomic E-state index is 5.44. The van der Waals surface area contributed by atoms with Crippen LogP contribution in [0.15, 0.2) is 11.6 Å². The van der Waals surface area contributed by atoms with Gasteiger partial charge in [-0.05, 0) is 19.4 Å². The molecule has 5 heteroatoms. The molecule has 4 nitrogen and oxygen atoms in total. The van der Waals surface area contributed by atoms with Gasteiger partial charge in [0.1, 0.15) is 5.01 Å². The first-order valence-corrected chi connectivity index (χ1v) is 7.22. The molecule has 0 aromatic carbocycles. The zero-order valence-corrected chi connectivity index (χ0v) is 11.1. The summed E-state index contributed by atoms with van der Waals surface area (Å²) in [6.45, 7) is 5.88. The number of hydrogen-bond donors (Lipinski definition) is 2. The fourth-order valence-electron chi connectivity index (χ4n) is 2.05. The van der Waals surface area contributed by atoms with Crippen LogP contribution in [0, 0.1) is 0 Å². The molecule has 96 valence electrons. The van der Waals surface area contributed by atoms with Crippen LogP contribution < -0.4 is 10.6 Å². The van der Waals surface area contributed by atoms with Crippen LogP contribution >= 0.6 is 11.3 Å². The second kappa shape index (κ2) is 7.06. The van der Waals surface area contributed by atoms with Gasteiger partial charge in [-0.3, -0.25) is 0 Å². The number of thiazole rings is 1. The minimum atomic E-state index is 0.402. The molecule has 17 heavy (non-hydrogen) atoms. The SMILES string of the molecule is CCC(NCCC1COCCN1)c1nccs1. The minimum Gasteiger partial charge on any atom is -0.379 e. The van der Waals surface area contributed by atoms with Crippen LogP contribution in [0.1, 0.15) is 30.8 Å². The first-order chi connectivity index (χ1) is 8.40. The van der Waals surface area contributed by atoms with Gasteiger partial charge in [-0.15, -0.1) is 11.3 Å². The van der Waals surface area contributed by atoms with Crippen LogP contribution in [0.2, 0.25) is 0 Å². The molecule has 2 atom stereocenters.